The SMILES string of the molecule is CCc1cc(C2=CCN(C(=O)c3nc4ccc(C(=O)NC(C)(C)OC(C)(C)N)cc4n3SC)CC2)sc1OCc1ccc(C#N)cc1F. The van der Waals surface area contributed by atoms with Gasteiger partial charge in [0.25, 0.3) is 11.8 Å². The Morgan fingerprint density at radius 2 is 1.94 bits per heavy atom. The fraction of sp³-hybridized carbons (Fsp3) is 0.371. The predicted molar refractivity (Wildman–Crippen MR) is 187 cm³/mol. The minimum atomic E-state index is -1.01. The summed E-state index contributed by atoms with van der Waals surface area (Å²) in [5, 5.41) is 12.6. The molecule has 13 heteroatoms. The second-order valence-corrected chi connectivity index (χ2v) is 14.2. The van der Waals surface area contributed by atoms with Crippen LogP contribution in [0.1, 0.15) is 83.6 Å². The van der Waals surface area contributed by atoms with E-state index in [0.29, 0.717) is 41.7 Å². The maximum Gasteiger partial charge on any atom is 0.291 e. The van der Waals surface area contributed by atoms with Crippen LogP contribution in [0, 0.1) is 17.1 Å². The number of nitrogens with one attached hydrogen (secondary N) is 1. The van der Waals surface area contributed by atoms with E-state index in [9.17, 15) is 14.0 Å². The molecule has 1 aliphatic heterocycles. The van der Waals surface area contributed by atoms with E-state index in [0.717, 1.165) is 27.5 Å². The Balaban J connectivity index is 1.29. The van der Waals surface area contributed by atoms with E-state index < -0.39 is 17.3 Å². The van der Waals surface area contributed by atoms with Crippen molar-refractivity contribution in [2.75, 3.05) is 19.3 Å². The first-order chi connectivity index (χ1) is 22.7. The highest BCUT2D eigenvalue weighted by Gasteiger charge is 2.30. The summed E-state index contributed by atoms with van der Waals surface area (Å²) in [7, 11) is 0. The number of imidazole rings is 1. The predicted octanol–water partition coefficient (Wildman–Crippen LogP) is 6.48. The number of ether oxygens (including phenoxy) is 2. The summed E-state index contributed by atoms with van der Waals surface area (Å²) in [6.45, 7) is 9.91. The lowest BCUT2D eigenvalue weighted by Crippen LogP contribution is -2.53. The third-order valence-electron chi connectivity index (χ3n) is 7.69. The van der Waals surface area contributed by atoms with E-state index in [2.05, 4.69) is 22.4 Å². The van der Waals surface area contributed by atoms with Crippen molar-refractivity contribution < 1.29 is 23.5 Å². The molecule has 0 fully saturated rings. The number of rotatable bonds is 11. The Labute approximate surface area is 287 Å². The van der Waals surface area contributed by atoms with Crippen LogP contribution in [0.15, 0.2) is 48.5 Å². The first-order valence-corrected chi connectivity index (χ1v) is 17.5. The second kappa shape index (κ2) is 14.1. The van der Waals surface area contributed by atoms with Crippen molar-refractivity contribution >= 4 is 51.7 Å². The van der Waals surface area contributed by atoms with Gasteiger partial charge < -0.3 is 25.4 Å². The zero-order valence-electron chi connectivity index (χ0n) is 27.8. The van der Waals surface area contributed by atoms with Gasteiger partial charge in [-0.15, -0.1) is 0 Å². The highest BCUT2D eigenvalue weighted by molar-refractivity contribution is 7.97. The molecule has 2 aromatic carbocycles. The van der Waals surface area contributed by atoms with Crippen LogP contribution in [0.2, 0.25) is 0 Å². The Bertz CT molecular complexity index is 1940. The number of halogens is 1. The monoisotopic (exact) mass is 690 g/mol. The summed E-state index contributed by atoms with van der Waals surface area (Å²) < 4.78 is 28.0. The number of thiophene rings is 1. The summed E-state index contributed by atoms with van der Waals surface area (Å²) in [4.78, 5) is 34.3. The molecule has 1 aliphatic rings. The standard InChI is InChI=1S/C35H39FN6O4S2/c1-7-22-18-29(48-33(22)45-20-25-9-8-21(19-37)16-26(25)36)23-12-14-41(15-13-23)32(44)30-39-27-11-10-24(17-28(27)42(30)47-6)31(43)40-35(4,5)46-34(2,3)38/h8-12,16-18H,7,13-15,20,38H2,1-6H3,(H,40,43). The van der Waals surface area contributed by atoms with E-state index in [1.807, 2.05) is 19.2 Å². The number of fused-ring (bicyclic) bond motifs is 1. The van der Waals surface area contributed by atoms with Crippen LogP contribution in [0.5, 0.6) is 5.06 Å². The summed E-state index contributed by atoms with van der Waals surface area (Å²) in [6, 6.07) is 13.5. The van der Waals surface area contributed by atoms with Crippen LogP contribution >= 0.6 is 23.3 Å². The van der Waals surface area contributed by atoms with E-state index in [4.69, 9.17) is 20.5 Å². The van der Waals surface area contributed by atoms with Crippen LogP contribution in [-0.2, 0) is 17.8 Å². The molecular formula is C35H39FN6O4S2. The van der Waals surface area contributed by atoms with Crippen LogP contribution in [0.3, 0.4) is 0 Å². The van der Waals surface area contributed by atoms with Gasteiger partial charge in [-0.1, -0.05) is 30.4 Å². The molecule has 4 aromatic rings. The summed E-state index contributed by atoms with van der Waals surface area (Å²) in [6.07, 6.45) is 5.32. The molecule has 0 aliphatic carbocycles. The first kappa shape index (κ1) is 35.1. The van der Waals surface area contributed by atoms with Gasteiger partial charge in [0.2, 0.25) is 5.82 Å². The zero-order valence-corrected chi connectivity index (χ0v) is 29.5. The second-order valence-electron chi connectivity index (χ2n) is 12.5. The number of aromatic nitrogens is 2. The molecule has 0 saturated carbocycles. The average molecular weight is 691 g/mol. The summed E-state index contributed by atoms with van der Waals surface area (Å²) in [5.41, 5.74) is 8.51. The highest BCUT2D eigenvalue weighted by atomic mass is 32.2. The first-order valence-electron chi connectivity index (χ1n) is 15.5. The maximum absolute atomic E-state index is 14.4. The van der Waals surface area contributed by atoms with Crippen LogP contribution in [0.25, 0.3) is 16.6 Å². The number of nitrogens with zero attached hydrogens (tertiary/aromatic N) is 4. The molecule has 0 spiro atoms. The summed E-state index contributed by atoms with van der Waals surface area (Å²) in [5.74, 6) is -0.714. The molecule has 5 rings (SSSR count). The molecule has 0 radical (unpaired) electrons. The molecule has 3 heterocycles. The molecule has 0 unspecified atom stereocenters. The van der Waals surface area contributed by atoms with Crippen molar-refractivity contribution in [1.82, 2.24) is 19.2 Å². The lowest BCUT2D eigenvalue weighted by Gasteiger charge is -2.34. The van der Waals surface area contributed by atoms with Crippen molar-refractivity contribution in [2.24, 2.45) is 5.73 Å². The minimum Gasteiger partial charge on any atom is -0.479 e. The van der Waals surface area contributed by atoms with Crippen LogP contribution < -0.4 is 15.8 Å². The topological polar surface area (TPSA) is 136 Å². The van der Waals surface area contributed by atoms with Gasteiger partial charge in [0.15, 0.2) is 5.06 Å². The van der Waals surface area contributed by atoms with Gasteiger partial charge in [0.05, 0.1) is 22.7 Å². The molecule has 10 nitrogen and oxygen atoms in total. The molecule has 2 aromatic heterocycles. The Kier molecular flexibility index (Phi) is 10.3. The molecular weight excluding hydrogens is 652 g/mol. The lowest BCUT2D eigenvalue weighted by molar-refractivity contribution is -0.129. The number of carbonyl (C=O) groups is 2. The number of nitriles is 1. The van der Waals surface area contributed by atoms with Gasteiger partial charge >= 0.3 is 0 Å². The Morgan fingerprint density at radius 3 is 2.56 bits per heavy atom. The van der Waals surface area contributed by atoms with E-state index in [-0.39, 0.29) is 29.8 Å². The molecule has 252 valence electrons. The number of benzene rings is 2. The molecule has 3 N–H and O–H groups in total. The zero-order chi connectivity index (χ0) is 34.8. The molecule has 2 amide bonds. The van der Waals surface area contributed by atoms with Crippen LogP contribution in [-0.4, -0.2) is 56.5 Å². The van der Waals surface area contributed by atoms with Crippen molar-refractivity contribution in [3.63, 3.8) is 0 Å². The van der Waals surface area contributed by atoms with Crippen molar-refractivity contribution in [2.45, 2.75) is 65.5 Å². The van der Waals surface area contributed by atoms with Gasteiger partial charge in [0, 0.05) is 40.9 Å². The molecule has 0 atom stereocenters. The average Bonchev–Trinajstić information content (AvgIpc) is 3.63. The normalized spacial score (nSPS) is 13.7. The van der Waals surface area contributed by atoms with Crippen molar-refractivity contribution in [3.05, 3.63) is 87.3 Å². The van der Waals surface area contributed by atoms with Gasteiger partial charge in [-0.3, -0.25) is 13.6 Å². The molecule has 0 bridgehead atoms. The Morgan fingerprint density at radius 1 is 1.17 bits per heavy atom. The van der Waals surface area contributed by atoms with Crippen molar-refractivity contribution in [1.29, 1.82) is 5.26 Å². The van der Waals surface area contributed by atoms with Crippen LogP contribution in [0.4, 0.5) is 4.39 Å². The molecule has 48 heavy (non-hydrogen) atoms. The smallest absolute Gasteiger partial charge is 0.291 e. The lowest BCUT2D eigenvalue weighted by atomic mass is 10.1. The number of aryl methyl sites for hydroxylation is 1. The van der Waals surface area contributed by atoms with Crippen molar-refractivity contribution in [3.8, 4) is 11.1 Å². The number of amides is 2. The van der Waals surface area contributed by atoms with E-state index >= 15 is 0 Å². The Hall–Kier alpha value is -4.22. The van der Waals surface area contributed by atoms with E-state index in [1.54, 1.807) is 66.9 Å². The fourth-order valence-electron chi connectivity index (χ4n) is 5.58. The largest absolute Gasteiger partial charge is 0.479 e. The van der Waals surface area contributed by atoms with Gasteiger partial charge in [0.1, 0.15) is 23.9 Å². The number of hydrogen-bond donors (Lipinski definition) is 2. The third-order valence-corrected chi connectivity index (χ3v) is 9.59. The van der Waals surface area contributed by atoms with Gasteiger partial charge in [-0.2, -0.15) is 5.26 Å². The highest BCUT2D eigenvalue weighted by Crippen LogP contribution is 2.38. The number of nitrogens with two attached hydrogens (primary N) is 1. The van der Waals surface area contributed by atoms with E-state index in [1.165, 1.54) is 29.4 Å². The summed E-state index contributed by atoms with van der Waals surface area (Å²) >= 11 is 2.86. The number of hydrogen-bond acceptors (Lipinski definition) is 9. The number of carbonyl (C=O) groups excluding carboxylic acids is 2. The van der Waals surface area contributed by atoms with Gasteiger partial charge in [-0.05, 0) is 94.5 Å². The fourth-order valence-corrected chi connectivity index (χ4v) is 7.38. The minimum absolute atomic E-state index is 0.0630. The van der Waals surface area contributed by atoms with Gasteiger partial charge in [-0.25, -0.2) is 9.37 Å². The quantitative estimate of drug-likeness (QED) is 0.171. The molecule has 0 saturated heterocycles. The maximum atomic E-state index is 14.4. The third kappa shape index (κ3) is 7.90.